The largest absolute Gasteiger partial charge is 0.481 e. The van der Waals surface area contributed by atoms with Crippen LogP contribution in [-0.4, -0.2) is 28.9 Å². The van der Waals surface area contributed by atoms with E-state index in [2.05, 4.69) is 0 Å². The minimum atomic E-state index is -0.978. The molecule has 4 nitrogen and oxygen atoms in total. The first-order valence-electron chi connectivity index (χ1n) is 8.71. The van der Waals surface area contributed by atoms with E-state index in [1.165, 1.54) is 0 Å². The van der Waals surface area contributed by atoms with Crippen molar-refractivity contribution in [3.05, 3.63) is 69.7 Å². The number of carboxylic acid groups (broad SMARTS) is 1. The smallest absolute Gasteiger partial charge is 0.304 e. The fourth-order valence-electron chi connectivity index (χ4n) is 4.14. The molecule has 6 heteroatoms. The lowest BCUT2D eigenvalue weighted by Crippen LogP contribution is -2.50. The Bertz CT molecular complexity index is 868. The van der Waals surface area contributed by atoms with E-state index in [1.54, 1.807) is 37.1 Å². The Labute approximate surface area is 168 Å². The van der Waals surface area contributed by atoms with Gasteiger partial charge in [0.2, 0.25) is 5.91 Å². The second kappa shape index (κ2) is 7.53. The van der Waals surface area contributed by atoms with Gasteiger partial charge in [0.05, 0.1) is 17.9 Å². The lowest BCUT2D eigenvalue weighted by molar-refractivity contribution is -0.156. The third-order valence-electron chi connectivity index (χ3n) is 5.34. The third kappa shape index (κ3) is 3.97. The summed E-state index contributed by atoms with van der Waals surface area (Å²) in [5, 5.41) is 10.6. The van der Waals surface area contributed by atoms with Gasteiger partial charge in [-0.1, -0.05) is 54.4 Å². The molecule has 1 heterocycles. The first kappa shape index (κ1) is 19.7. The van der Waals surface area contributed by atoms with Crippen molar-refractivity contribution < 1.29 is 14.7 Å². The summed E-state index contributed by atoms with van der Waals surface area (Å²) < 4.78 is 0. The number of amides is 1. The minimum Gasteiger partial charge on any atom is -0.481 e. The number of carbonyl (C=O) groups excluding carboxylic acids is 1. The molecular formula is C21H21Cl2NO3. The highest BCUT2D eigenvalue weighted by atomic mass is 35.5. The van der Waals surface area contributed by atoms with Gasteiger partial charge in [-0.2, -0.15) is 0 Å². The highest BCUT2D eigenvalue weighted by molar-refractivity contribution is 6.30. The van der Waals surface area contributed by atoms with Crippen molar-refractivity contribution in [1.29, 1.82) is 0 Å². The number of hydrogen-bond donors (Lipinski definition) is 1. The van der Waals surface area contributed by atoms with Crippen LogP contribution in [0.5, 0.6) is 0 Å². The maximum atomic E-state index is 13.1. The number of piperidine rings is 1. The topological polar surface area (TPSA) is 57.6 Å². The van der Waals surface area contributed by atoms with Crippen LogP contribution in [0.1, 0.15) is 42.9 Å². The molecule has 1 aliphatic heterocycles. The van der Waals surface area contributed by atoms with Crippen LogP contribution in [0.25, 0.3) is 0 Å². The lowest BCUT2D eigenvalue weighted by atomic mass is 9.67. The number of carbonyl (C=O) groups is 2. The summed E-state index contributed by atoms with van der Waals surface area (Å²) in [6, 6.07) is 14.7. The van der Waals surface area contributed by atoms with E-state index in [1.807, 2.05) is 30.3 Å². The lowest BCUT2D eigenvalue weighted by Gasteiger charge is -2.47. The SMILES string of the molecule is CN1C(=O)[C@@](C)(CC(=O)O)C[C@H](c2cccc(Cl)c2)[C@H]1c1ccc(Cl)cc1. The minimum absolute atomic E-state index is 0.0862. The molecule has 0 aliphatic carbocycles. The van der Waals surface area contributed by atoms with Crippen LogP contribution < -0.4 is 0 Å². The highest BCUT2D eigenvalue weighted by Crippen LogP contribution is 2.50. The van der Waals surface area contributed by atoms with Gasteiger partial charge < -0.3 is 10.0 Å². The van der Waals surface area contributed by atoms with Gasteiger partial charge >= 0.3 is 5.97 Å². The predicted molar refractivity (Wildman–Crippen MR) is 106 cm³/mol. The summed E-state index contributed by atoms with van der Waals surface area (Å²) in [4.78, 5) is 26.2. The quantitative estimate of drug-likeness (QED) is 0.763. The van der Waals surface area contributed by atoms with Crippen LogP contribution in [0.15, 0.2) is 48.5 Å². The molecule has 0 spiro atoms. The number of hydrogen-bond acceptors (Lipinski definition) is 2. The highest BCUT2D eigenvalue weighted by Gasteiger charge is 2.49. The Morgan fingerprint density at radius 3 is 2.41 bits per heavy atom. The first-order valence-corrected chi connectivity index (χ1v) is 9.47. The summed E-state index contributed by atoms with van der Waals surface area (Å²) in [6.45, 7) is 1.73. The molecule has 1 aliphatic rings. The molecule has 142 valence electrons. The number of benzene rings is 2. The Balaban J connectivity index is 2.10. The molecule has 0 aromatic heterocycles. The zero-order valence-corrected chi connectivity index (χ0v) is 16.7. The van der Waals surface area contributed by atoms with Crippen molar-refractivity contribution in [2.75, 3.05) is 7.05 Å². The first-order chi connectivity index (χ1) is 12.7. The number of rotatable bonds is 4. The van der Waals surface area contributed by atoms with E-state index in [4.69, 9.17) is 23.2 Å². The van der Waals surface area contributed by atoms with Crippen molar-refractivity contribution in [1.82, 2.24) is 4.90 Å². The summed E-state index contributed by atoms with van der Waals surface area (Å²) in [6.07, 6.45) is 0.219. The summed E-state index contributed by atoms with van der Waals surface area (Å²) in [5.74, 6) is -1.23. The fourth-order valence-corrected chi connectivity index (χ4v) is 4.47. The predicted octanol–water partition coefficient (Wildman–Crippen LogP) is 5.16. The Morgan fingerprint density at radius 1 is 1.15 bits per heavy atom. The van der Waals surface area contributed by atoms with Gasteiger partial charge in [-0.05, 0) is 41.8 Å². The number of aliphatic carboxylic acids is 1. The number of nitrogens with zero attached hydrogens (tertiary/aromatic N) is 1. The monoisotopic (exact) mass is 405 g/mol. The molecule has 1 saturated heterocycles. The van der Waals surface area contributed by atoms with Crippen LogP contribution in [0, 0.1) is 5.41 Å². The van der Waals surface area contributed by atoms with E-state index < -0.39 is 11.4 Å². The molecule has 0 saturated carbocycles. The summed E-state index contributed by atoms with van der Waals surface area (Å²) in [5.41, 5.74) is 0.965. The van der Waals surface area contributed by atoms with Gasteiger partial charge in [0, 0.05) is 23.0 Å². The van der Waals surface area contributed by atoms with E-state index in [9.17, 15) is 14.7 Å². The van der Waals surface area contributed by atoms with Gasteiger partial charge in [0.25, 0.3) is 0 Å². The molecule has 1 amide bonds. The average molecular weight is 406 g/mol. The Hall–Kier alpha value is -2.04. The van der Waals surface area contributed by atoms with E-state index in [0.29, 0.717) is 16.5 Å². The van der Waals surface area contributed by atoms with Gasteiger partial charge in [-0.15, -0.1) is 0 Å². The molecule has 0 radical (unpaired) electrons. The van der Waals surface area contributed by atoms with E-state index >= 15 is 0 Å². The van der Waals surface area contributed by atoms with Gasteiger partial charge in [0.15, 0.2) is 0 Å². The van der Waals surface area contributed by atoms with Crippen molar-refractivity contribution >= 4 is 35.1 Å². The van der Waals surface area contributed by atoms with Crippen LogP contribution in [0.3, 0.4) is 0 Å². The van der Waals surface area contributed by atoms with Crippen LogP contribution in [0.2, 0.25) is 10.0 Å². The second-order valence-corrected chi connectivity index (χ2v) is 8.28. The number of likely N-dealkylation sites (N-methyl/N-ethyl adjacent to an activating group) is 1. The summed E-state index contributed by atoms with van der Waals surface area (Å²) in [7, 11) is 1.73. The Morgan fingerprint density at radius 2 is 1.81 bits per heavy atom. The number of carboxylic acids is 1. The standard InChI is InChI=1S/C21H21Cl2NO3/c1-21(12-18(25)26)11-17(14-4-3-5-16(23)10-14)19(24(2)20(21)27)13-6-8-15(22)9-7-13/h3-10,17,19H,11-12H2,1-2H3,(H,25,26)/t17-,19-,21-/m1/s1. The molecular weight excluding hydrogens is 385 g/mol. The normalized spacial score (nSPS) is 25.5. The molecule has 27 heavy (non-hydrogen) atoms. The van der Waals surface area contributed by atoms with Crippen LogP contribution in [0.4, 0.5) is 0 Å². The molecule has 2 aromatic carbocycles. The molecule has 0 unspecified atom stereocenters. The molecule has 1 N–H and O–H groups in total. The molecule has 1 fully saturated rings. The number of likely N-dealkylation sites (tertiary alicyclic amines) is 1. The van der Waals surface area contributed by atoms with Crippen molar-refractivity contribution in [3.63, 3.8) is 0 Å². The van der Waals surface area contributed by atoms with E-state index in [-0.39, 0.29) is 24.3 Å². The van der Waals surface area contributed by atoms with Gasteiger partial charge in [-0.25, -0.2) is 0 Å². The zero-order chi connectivity index (χ0) is 19.8. The Kier molecular flexibility index (Phi) is 5.50. The number of halogens is 2. The zero-order valence-electron chi connectivity index (χ0n) is 15.2. The fraction of sp³-hybridized carbons (Fsp3) is 0.333. The molecule has 0 bridgehead atoms. The van der Waals surface area contributed by atoms with Crippen molar-refractivity contribution in [3.8, 4) is 0 Å². The van der Waals surface area contributed by atoms with Gasteiger partial charge in [-0.3, -0.25) is 9.59 Å². The van der Waals surface area contributed by atoms with Crippen molar-refractivity contribution in [2.24, 2.45) is 5.41 Å². The maximum absolute atomic E-state index is 13.1. The van der Waals surface area contributed by atoms with Gasteiger partial charge in [0.1, 0.15) is 0 Å². The summed E-state index contributed by atoms with van der Waals surface area (Å²) >= 11 is 12.2. The van der Waals surface area contributed by atoms with Crippen LogP contribution in [-0.2, 0) is 9.59 Å². The molecule has 3 rings (SSSR count). The third-order valence-corrected chi connectivity index (χ3v) is 5.82. The maximum Gasteiger partial charge on any atom is 0.304 e. The van der Waals surface area contributed by atoms with E-state index in [0.717, 1.165) is 11.1 Å². The van der Waals surface area contributed by atoms with Crippen LogP contribution >= 0.6 is 23.2 Å². The molecule has 3 atom stereocenters. The van der Waals surface area contributed by atoms with Crippen molar-refractivity contribution in [2.45, 2.75) is 31.7 Å². The second-order valence-electron chi connectivity index (χ2n) is 7.41. The molecule has 2 aromatic rings. The average Bonchev–Trinajstić information content (AvgIpc) is 2.60.